The Hall–Kier alpha value is -1.77. The van der Waals surface area contributed by atoms with Gasteiger partial charge in [0.2, 0.25) is 0 Å². The lowest BCUT2D eigenvalue weighted by Gasteiger charge is -2.26. The SMILES string of the molecule is Cc1cccc2cc(C(=O)N[C@H]3CC[C@H](C)CC3)[nH]c12. The molecule has 3 nitrogen and oxygen atoms in total. The van der Waals surface area contributed by atoms with Gasteiger partial charge in [0.1, 0.15) is 5.69 Å². The maximum Gasteiger partial charge on any atom is 0.267 e. The third-order valence-corrected chi connectivity index (χ3v) is 4.46. The molecule has 0 unspecified atom stereocenters. The van der Waals surface area contributed by atoms with Crippen molar-refractivity contribution in [2.24, 2.45) is 5.92 Å². The molecule has 106 valence electrons. The molecule has 1 aliphatic rings. The van der Waals surface area contributed by atoms with Gasteiger partial charge in [-0.15, -0.1) is 0 Å². The Labute approximate surface area is 119 Å². The van der Waals surface area contributed by atoms with E-state index in [-0.39, 0.29) is 5.91 Å². The van der Waals surface area contributed by atoms with E-state index >= 15 is 0 Å². The van der Waals surface area contributed by atoms with E-state index in [9.17, 15) is 4.79 Å². The summed E-state index contributed by atoms with van der Waals surface area (Å²) < 4.78 is 0. The number of aromatic amines is 1. The molecule has 1 amide bonds. The molecular weight excluding hydrogens is 248 g/mol. The van der Waals surface area contributed by atoms with E-state index in [2.05, 4.69) is 30.2 Å². The second-order valence-corrected chi connectivity index (χ2v) is 6.15. The number of carbonyl (C=O) groups excluding carboxylic acids is 1. The van der Waals surface area contributed by atoms with Gasteiger partial charge in [0, 0.05) is 16.9 Å². The lowest BCUT2D eigenvalue weighted by atomic mass is 9.87. The van der Waals surface area contributed by atoms with Crippen molar-refractivity contribution >= 4 is 16.8 Å². The van der Waals surface area contributed by atoms with Crippen molar-refractivity contribution in [1.29, 1.82) is 0 Å². The van der Waals surface area contributed by atoms with Crippen LogP contribution < -0.4 is 5.32 Å². The molecule has 0 aliphatic heterocycles. The van der Waals surface area contributed by atoms with Gasteiger partial charge in [-0.25, -0.2) is 0 Å². The Morgan fingerprint density at radius 3 is 2.70 bits per heavy atom. The minimum atomic E-state index is 0.0279. The standard InChI is InChI=1S/C17H22N2O/c1-11-6-8-14(9-7-11)18-17(20)15-10-13-5-3-4-12(2)16(13)19-15/h3-5,10-11,14,19H,6-9H2,1-2H3,(H,18,20)/t11-,14-. The van der Waals surface area contributed by atoms with Crippen LogP contribution in [0.1, 0.15) is 48.7 Å². The minimum Gasteiger partial charge on any atom is -0.350 e. The largest absolute Gasteiger partial charge is 0.350 e. The Morgan fingerprint density at radius 1 is 1.25 bits per heavy atom. The van der Waals surface area contributed by atoms with Gasteiger partial charge in [-0.1, -0.05) is 25.1 Å². The van der Waals surface area contributed by atoms with E-state index in [1.165, 1.54) is 18.4 Å². The molecular formula is C17H22N2O. The maximum absolute atomic E-state index is 12.3. The Morgan fingerprint density at radius 2 is 2.00 bits per heavy atom. The lowest BCUT2D eigenvalue weighted by molar-refractivity contribution is 0.0919. The Balaban J connectivity index is 1.74. The fraction of sp³-hybridized carbons (Fsp3) is 0.471. The zero-order chi connectivity index (χ0) is 14.1. The first kappa shape index (κ1) is 13.2. The predicted molar refractivity (Wildman–Crippen MR) is 81.9 cm³/mol. The van der Waals surface area contributed by atoms with Crippen molar-refractivity contribution in [3.8, 4) is 0 Å². The number of amides is 1. The fourth-order valence-electron chi connectivity index (χ4n) is 3.10. The predicted octanol–water partition coefficient (Wildman–Crippen LogP) is 3.78. The number of benzene rings is 1. The Bertz CT molecular complexity index is 621. The first-order valence-corrected chi connectivity index (χ1v) is 7.52. The molecule has 0 bridgehead atoms. The smallest absolute Gasteiger partial charge is 0.267 e. The van der Waals surface area contributed by atoms with Crippen LogP contribution in [-0.2, 0) is 0 Å². The molecule has 1 aliphatic carbocycles. The van der Waals surface area contributed by atoms with Gasteiger partial charge in [-0.3, -0.25) is 4.79 Å². The highest BCUT2D eigenvalue weighted by Crippen LogP contribution is 2.24. The molecule has 0 spiro atoms. The second kappa shape index (κ2) is 5.31. The molecule has 3 heteroatoms. The van der Waals surface area contributed by atoms with Crippen molar-refractivity contribution in [1.82, 2.24) is 10.3 Å². The molecule has 1 aromatic heterocycles. The van der Waals surface area contributed by atoms with E-state index in [1.54, 1.807) is 0 Å². The van der Waals surface area contributed by atoms with E-state index in [0.717, 1.165) is 29.7 Å². The molecule has 20 heavy (non-hydrogen) atoms. The maximum atomic E-state index is 12.3. The number of aromatic nitrogens is 1. The van der Waals surface area contributed by atoms with Gasteiger partial charge in [-0.05, 0) is 50.2 Å². The van der Waals surface area contributed by atoms with Crippen LogP contribution in [0.3, 0.4) is 0 Å². The number of hydrogen-bond acceptors (Lipinski definition) is 1. The number of H-pyrrole nitrogens is 1. The summed E-state index contributed by atoms with van der Waals surface area (Å²) in [5, 5.41) is 4.27. The molecule has 0 radical (unpaired) electrons. The van der Waals surface area contributed by atoms with Gasteiger partial charge in [0.15, 0.2) is 0 Å². The van der Waals surface area contributed by atoms with E-state index < -0.39 is 0 Å². The third-order valence-electron chi connectivity index (χ3n) is 4.46. The van der Waals surface area contributed by atoms with Crippen LogP contribution in [0.5, 0.6) is 0 Å². The number of aryl methyl sites for hydroxylation is 1. The molecule has 1 fully saturated rings. The molecule has 0 atom stereocenters. The average molecular weight is 270 g/mol. The summed E-state index contributed by atoms with van der Waals surface area (Å²) in [7, 11) is 0. The van der Waals surface area contributed by atoms with Crippen LogP contribution in [0.2, 0.25) is 0 Å². The summed E-state index contributed by atoms with van der Waals surface area (Å²) in [6.45, 7) is 4.35. The zero-order valence-corrected chi connectivity index (χ0v) is 12.2. The zero-order valence-electron chi connectivity index (χ0n) is 12.2. The van der Waals surface area contributed by atoms with Gasteiger partial charge >= 0.3 is 0 Å². The lowest BCUT2D eigenvalue weighted by Crippen LogP contribution is -2.37. The monoisotopic (exact) mass is 270 g/mol. The summed E-state index contributed by atoms with van der Waals surface area (Å²) in [4.78, 5) is 15.6. The van der Waals surface area contributed by atoms with E-state index in [4.69, 9.17) is 0 Å². The molecule has 1 saturated carbocycles. The summed E-state index contributed by atoms with van der Waals surface area (Å²) >= 11 is 0. The van der Waals surface area contributed by atoms with Crippen molar-refractivity contribution in [3.63, 3.8) is 0 Å². The second-order valence-electron chi connectivity index (χ2n) is 6.15. The van der Waals surface area contributed by atoms with Crippen molar-refractivity contribution in [3.05, 3.63) is 35.5 Å². The average Bonchev–Trinajstić information content (AvgIpc) is 2.87. The van der Waals surface area contributed by atoms with Crippen LogP contribution in [0.25, 0.3) is 10.9 Å². The number of fused-ring (bicyclic) bond motifs is 1. The molecule has 2 N–H and O–H groups in total. The summed E-state index contributed by atoms with van der Waals surface area (Å²) in [5.74, 6) is 0.832. The van der Waals surface area contributed by atoms with E-state index in [0.29, 0.717) is 11.7 Å². The molecule has 1 heterocycles. The van der Waals surface area contributed by atoms with E-state index in [1.807, 2.05) is 18.2 Å². The molecule has 2 aromatic rings. The number of rotatable bonds is 2. The quantitative estimate of drug-likeness (QED) is 0.857. The van der Waals surface area contributed by atoms with Crippen LogP contribution in [0, 0.1) is 12.8 Å². The van der Waals surface area contributed by atoms with Crippen LogP contribution in [0.4, 0.5) is 0 Å². The normalized spacial score (nSPS) is 22.9. The Kier molecular flexibility index (Phi) is 3.51. The highest BCUT2D eigenvalue weighted by molar-refractivity contribution is 5.98. The number of nitrogens with one attached hydrogen (secondary N) is 2. The molecule has 0 saturated heterocycles. The molecule has 1 aromatic carbocycles. The van der Waals surface area contributed by atoms with Gasteiger partial charge in [0.05, 0.1) is 0 Å². The van der Waals surface area contributed by atoms with Crippen LogP contribution in [0.15, 0.2) is 24.3 Å². The van der Waals surface area contributed by atoms with Gasteiger partial charge in [-0.2, -0.15) is 0 Å². The van der Waals surface area contributed by atoms with Gasteiger partial charge in [0.25, 0.3) is 5.91 Å². The first-order valence-electron chi connectivity index (χ1n) is 7.52. The number of para-hydroxylation sites is 1. The third kappa shape index (κ3) is 2.58. The van der Waals surface area contributed by atoms with Crippen molar-refractivity contribution < 1.29 is 4.79 Å². The minimum absolute atomic E-state index is 0.0279. The van der Waals surface area contributed by atoms with Crippen molar-refractivity contribution in [2.75, 3.05) is 0 Å². The highest BCUT2D eigenvalue weighted by Gasteiger charge is 2.21. The topological polar surface area (TPSA) is 44.9 Å². The summed E-state index contributed by atoms with van der Waals surface area (Å²) in [6.07, 6.45) is 4.64. The number of hydrogen-bond donors (Lipinski definition) is 2. The van der Waals surface area contributed by atoms with Gasteiger partial charge < -0.3 is 10.3 Å². The number of carbonyl (C=O) groups is 1. The van der Waals surface area contributed by atoms with Crippen molar-refractivity contribution in [2.45, 2.75) is 45.6 Å². The molecule has 3 rings (SSSR count). The first-order chi connectivity index (χ1) is 9.63. The highest BCUT2D eigenvalue weighted by atomic mass is 16.1. The summed E-state index contributed by atoms with van der Waals surface area (Å²) in [5.41, 5.74) is 2.91. The van der Waals surface area contributed by atoms with Crippen LogP contribution in [-0.4, -0.2) is 16.9 Å². The van der Waals surface area contributed by atoms with Crippen LogP contribution >= 0.6 is 0 Å². The fourth-order valence-corrected chi connectivity index (χ4v) is 3.10. The summed E-state index contributed by atoms with van der Waals surface area (Å²) in [6, 6.07) is 8.41.